The number of ether oxygens (including phenoxy) is 1. The summed E-state index contributed by atoms with van der Waals surface area (Å²) < 4.78 is 4.45. The second kappa shape index (κ2) is 3.87. The Kier molecular flexibility index (Phi) is 2.83. The predicted octanol–water partition coefficient (Wildman–Crippen LogP) is 1.39. The van der Waals surface area contributed by atoms with E-state index < -0.39 is 5.97 Å². The number of esters is 1. The molecule has 13 heavy (non-hydrogen) atoms. The van der Waals surface area contributed by atoms with Crippen LogP contribution in [0.3, 0.4) is 0 Å². The molecule has 0 fully saturated rings. The van der Waals surface area contributed by atoms with E-state index in [0.29, 0.717) is 5.02 Å². The molecule has 0 amide bonds. The summed E-state index contributed by atoms with van der Waals surface area (Å²) in [5.74, 6) is -0.619. The van der Waals surface area contributed by atoms with Crippen molar-refractivity contribution in [3.8, 4) is 6.07 Å². The monoisotopic (exact) mass is 196 g/mol. The van der Waals surface area contributed by atoms with Gasteiger partial charge in [0.15, 0.2) is 5.69 Å². The number of hydrogen-bond donors (Lipinski definition) is 0. The number of methoxy groups -OCH3 is 1. The van der Waals surface area contributed by atoms with Crippen LogP contribution in [0.25, 0.3) is 0 Å². The van der Waals surface area contributed by atoms with Gasteiger partial charge in [-0.15, -0.1) is 0 Å². The average molecular weight is 197 g/mol. The smallest absolute Gasteiger partial charge is 0.340 e. The van der Waals surface area contributed by atoms with E-state index in [0.717, 1.165) is 0 Å². The maximum atomic E-state index is 11.1. The molecule has 1 aromatic rings. The highest BCUT2D eigenvalue weighted by Gasteiger charge is 2.12. The summed E-state index contributed by atoms with van der Waals surface area (Å²) in [5, 5.41) is 8.88. The van der Waals surface area contributed by atoms with Crippen LogP contribution in [-0.2, 0) is 4.74 Å². The fraction of sp³-hybridized carbons (Fsp3) is 0.125. The highest BCUT2D eigenvalue weighted by atomic mass is 35.5. The zero-order valence-electron chi connectivity index (χ0n) is 6.74. The zero-order chi connectivity index (χ0) is 9.84. The average Bonchev–Trinajstić information content (AvgIpc) is 2.16. The van der Waals surface area contributed by atoms with Crippen LogP contribution in [0.15, 0.2) is 12.3 Å². The number of halogens is 1. The molecular formula is C8H5ClN2O2. The largest absolute Gasteiger partial charge is 0.465 e. The maximum Gasteiger partial charge on any atom is 0.340 e. The molecule has 0 bridgehead atoms. The van der Waals surface area contributed by atoms with E-state index >= 15 is 0 Å². The first-order valence-electron chi connectivity index (χ1n) is 3.33. The highest BCUT2D eigenvalue weighted by Crippen LogP contribution is 2.13. The normalized spacial score (nSPS) is 9.00. The lowest BCUT2D eigenvalue weighted by molar-refractivity contribution is 0.0600. The first-order valence-corrected chi connectivity index (χ1v) is 3.70. The number of pyridine rings is 1. The van der Waals surface area contributed by atoms with E-state index in [1.807, 2.05) is 0 Å². The first kappa shape index (κ1) is 9.49. The molecule has 1 heterocycles. The van der Waals surface area contributed by atoms with Crippen LogP contribution >= 0.6 is 11.6 Å². The summed E-state index contributed by atoms with van der Waals surface area (Å²) in [6, 6.07) is 3.11. The number of rotatable bonds is 1. The molecule has 0 spiro atoms. The van der Waals surface area contributed by atoms with Gasteiger partial charge in [-0.25, -0.2) is 9.78 Å². The van der Waals surface area contributed by atoms with Gasteiger partial charge in [0.2, 0.25) is 0 Å². The molecule has 1 aromatic heterocycles. The summed E-state index contributed by atoms with van der Waals surface area (Å²) in [4.78, 5) is 14.7. The minimum atomic E-state index is -0.619. The Morgan fingerprint density at radius 1 is 1.77 bits per heavy atom. The van der Waals surface area contributed by atoms with Crippen LogP contribution in [0.2, 0.25) is 5.02 Å². The van der Waals surface area contributed by atoms with Crippen molar-refractivity contribution in [2.75, 3.05) is 7.11 Å². The Hall–Kier alpha value is -1.60. The first-order chi connectivity index (χ1) is 6.19. The van der Waals surface area contributed by atoms with Crippen LogP contribution in [0.1, 0.15) is 16.1 Å². The third kappa shape index (κ3) is 1.95. The van der Waals surface area contributed by atoms with Crippen molar-refractivity contribution in [2.45, 2.75) is 0 Å². The Bertz CT molecular complexity index is 384. The molecule has 0 atom stereocenters. The van der Waals surface area contributed by atoms with E-state index in [1.54, 1.807) is 6.07 Å². The van der Waals surface area contributed by atoms with Gasteiger partial charge in [-0.05, 0) is 6.07 Å². The van der Waals surface area contributed by atoms with Crippen LogP contribution in [-0.4, -0.2) is 18.1 Å². The Labute approximate surface area is 79.7 Å². The number of nitriles is 1. The number of hydrogen-bond acceptors (Lipinski definition) is 4. The molecule has 4 nitrogen and oxygen atoms in total. The molecule has 0 aromatic carbocycles. The topological polar surface area (TPSA) is 63.0 Å². The van der Waals surface area contributed by atoms with Crippen molar-refractivity contribution >= 4 is 17.6 Å². The lowest BCUT2D eigenvalue weighted by Crippen LogP contribution is -2.05. The number of carbonyl (C=O) groups excluding carboxylic acids is 1. The van der Waals surface area contributed by atoms with Crippen molar-refractivity contribution in [2.24, 2.45) is 0 Å². The van der Waals surface area contributed by atoms with Crippen molar-refractivity contribution in [3.63, 3.8) is 0 Å². The second-order valence-electron chi connectivity index (χ2n) is 2.15. The van der Waals surface area contributed by atoms with E-state index in [2.05, 4.69) is 9.72 Å². The Morgan fingerprint density at radius 3 is 3.00 bits per heavy atom. The molecule has 0 saturated carbocycles. The lowest BCUT2D eigenvalue weighted by Gasteiger charge is -2.00. The Balaban J connectivity index is 3.25. The molecule has 0 aliphatic carbocycles. The number of carbonyl (C=O) groups is 1. The second-order valence-corrected chi connectivity index (χ2v) is 2.59. The van der Waals surface area contributed by atoms with Gasteiger partial charge < -0.3 is 4.74 Å². The molecular weight excluding hydrogens is 192 g/mol. The van der Waals surface area contributed by atoms with Crippen molar-refractivity contribution in [1.29, 1.82) is 5.26 Å². The minimum absolute atomic E-state index is 0.0104. The molecule has 5 heteroatoms. The molecule has 0 radical (unpaired) electrons. The summed E-state index contributed by atoms with van der Waals surface area (Å²) >= 11 is 5.60. The van der Waals surface area contributed by atoms with Gasteiger partial charge >= 0.3 is 5.97 Å². The van der Waals surface area contributed by atoms with Crippen molar-refractivity contribution < 1.29 is 9.53 Å². The summed E-state index contributed by atoms with van der Waals surface area (Å²) in [6.45, 7) is 0. The quantitative estimate of drug-likeness (QED) is 0.637. The minimum Gasteiger partial charge on any atom is -0.465 e. The van der Waals surface area contributed by atoms with Gasteiger partial charge in [0.1, 0.15) is 6.07 Å². The molecule has 66 valence electrons. The zero-order valence-corrected chi connectivity index (χ0v) is 7.50. The van der Waals surface area contributed by atoms with Gasteiger partial charge in [-0.3, -0.25) is 0 Å². The van der Waals surface area contributed by atoms with Gasteiger partial charge in [0.25, 0.3) is 0 Å². The predicted molar refractivity (Wildman–Crippen MR) is 45.3 cm³/mol. The molecule has 0 saturated heterocycles. The third-order valence-electron chi connectivity index (χ3n) is 1.37. The molecule has 0 aliphatic heterocycles. The van der Waals surface area contributed by atoms with Crippen LogP contribution in [0.5, 0.6) is 0 Å². The van der Waals surface area contributed by atoms with Gasteiger partial charge in [0, 0.05) is 6.20 Å². The summed E-state index contributed by atoms with van der Waals surface area (Å²) in [6.07, 6.45) is 1.30. The SMILES string of the molecule is COC(=O)c1cc(Cl)cnc1C#N. The number of aromatic nitrogens is 1. The lowest BCUT2D eigenvalue weighted by atomic mass is 10.2. The number of nitrogens with zero attached hydrogens (tertiary/aromatic N) is 2. The highest BCUT2D eigenvalue weighted by molar-refractivity contribution is 6.30. The van der Waals surface area contributed by atoms with Crippen molar-refractivity contribution in [3.05, 3.63) is 28.5 Å². The summed E-state index contributed by atoms with van der Waals surface area (Å²) in [7, 11) is 1.23. The van der Waals surface area contributed by atoms with E-state index in [-0.39, 0.29) is 11.3 Å². The van der Waals surface area contributed by atoms with Crippen molar-refractivity contribution in [1.82, 2.24) is 4.98 Å². The maximum absolute atomic E-state index is 11.1. The fourth-order valence-corrected chi connectivity index (χ4v) is 0.952. The van der Waals surface area contributed by atoms with Gasteiger partial charge in [-0.2, -0.15) is 5.26 Å². The van der Waals surface area contributed by atoms with E-state index in [1.165, 1.54) is 19.4 Å². The molecule has 1 rings (SSSR count). The fourth-order valence-electron chi connectivity index (χ4n) is 0.794. The van der Waals surface area contributed by atoms with E-state index in [4.69, 9.17) is 16.9 Å². The third-order valence-corrected chi connectivity index (χ3v) is 1.57. The molecule has 0 aliphatic rings. The Morgan fingerprint density at radius 2 is 2.46 bits per heavy atom. The molecule has 0 unspecified atom stereocenters. The summed E-state index contributed by atoms with van der Waals surface area (Å²) in [5.41, 5.74) is 0.0914. The van der Waals surface area contributed by atoms with Crippen LogP contribution in [0.4, 0.5) is 0 Å². The van der Waals surface area contributed by atoms with E-state index in [9.17, 15) is 4.79 Å². The van der Waals surface area contributed by atoms with Crippen LogP contribution in [0, 0.1) is 11.3 Å². The van der Waals surface area contributed by atoms with Crippen LogP contribution < -0.4 is 0 Å². The molecule has 0 N–H and O–H groups in total. The van der Waals surface area contributed by atoms with Gasteiger partial charge in [-0.1, -0.05) is 11.6 Å². The van der Waals surface area contributed by atoms with Gasteiger partial charge in [0.05, 0.1) is 17.7 Å². The standard InChI is InChI=1S/C8H5ClN2O2/c1-13-8(12)6-2-5(9)4-11-7(6)3-10/h2,4H,1H3.